The van der Waals surface area contributed by atoms with E-state index in [-0.39, 0.29) is 29.9 Å². The molecule has 2 fully saturated rings. The summed E-state index contributed by atoms with van der Waals surface area (Å²) >= 11 is 0. The summed E-state index contributed by atoms with van der Waals surface area (Å²) in [5.74, 6) is -1.23. The van der Waals surface area contributed by atoms with Crippen LogP contribution in [0.4, 0.5) is 0 Å². The van der Waals surface area contributed by atoms with E-state index in [1.807, 2.05) is 48.6 Å². The Bertz CT molecular complexity index is 1000. The van der Waals surface area contributed by atoms with E-state index in [2.05, 4.69) is 0 Å². The number of hydrogen-bond donors (Lipinski definition) is 0. The van der Waals surface area contributed by atoms with Crippen LogP contribution in [0.25, 0.3) is 0 Å². The zero-order valence-electron chi connectivity index (χ0n) is 18.6. The van der Waals surface area contributed by atoms with Gasteiger partial charge in [0.2, 0.25) is 0 Å². The summed E-state index contributed by atoms with van der Waals surface area (Å²) in [4.78, 5) is 36.2. The van der Waals surface area contributed by atoms with Crippen LogP contribution in [0, 0.1) is 11.8 Å². The maximum atomic E-state index is 12.6. The molecule has 6 heteroatoms. The minimum absolute atomic E-state index is 0.0607. The molecule has 2 aliphatic rings. The molecule has 1 aliphatic carbocycles. The number of aryl methyl sites for hydroxylation is 1. The molecule has 0 bridgehead atoms. The van der Waals surface area contributed by atoms with Gasteiger partial charge in [-0.05, 0) is 36.6 Å². The fourth-order valence-electron chi connectivity index (χ4n) is 4.68. The van der Waals surface area contributed by atoms with Crippen LogP contribution >= 0.6 is 0 Å². The van der Waals surface area contributed by atoms with Gasteiger partial charge in [-0.25, -0.2) is 4.79 Å². The van der Waals surface area contributed by atoms with E-state index >= 15 is 0 Å². The first kappa shape index (κ1) is 22.8. The molecular weight excluding hydrogens is 420 g/mol. The lowest BCUT2D eigenvalue weighted by atomic mass is 9.91. The molecule has 5 atom stereocenters. The number of esters is 3. The van der Waals surface area contributed by atoms with Crippen molar-refractivity contribution in [2.24, 2.45) is 11.8 Å². The molecule has 5 unspecified atom stereocenters. The number of fused-ring (bicyclic) bond motifs is 1. The van der Waals surface area contributed by atoms with Crippen molar-refractivity contribution in [3.05, 3.63) is 83.9 Å². The minimum Gasteiger partial charge on any atom is -0.462 e. The Balaban J connectivity index is 1.48. The lowest BCUT2D eigenvalue weighted by Gasteiger charge is -2.21. The molecule has 0 N–H and O–H groups in total. The summed E-state index contributed by atoms with van der Waals surface area (Å²) < 4.78 is 16.8. The highest BCUT2D eigenvalue weighted by Crippen LogP contribution is 2.43. The van der Waals surface area contributed by atoms with Crippen LogP contribution in [0.2, 0.25) is 0 Å². The van der Waals surface area contributed by atoms with Gasteiger partial charge in [-0.3, -0.25) is 9.59 Å². The molecule has 4 rings (SSSR count). The van der Waals surface area contributed by atoms with Crippen molar-refractivity contribution in [3.8, 4) is 0 Å². The molecule has 0 amide bonds. The van der Waals surface area contributed by atoms with Crippen LogP contribution in [-0.2, 0) is 30.2 Å². The third-order valence-electron chi connectivity index (χ3n) is 6.24. The van der Waals surface area contributed by atoms with Crippen molar-refractivity contribution < 1.29 is 28.6 Å². The van der Waals surface area contributed by atoms with Crippen LogP contribution < -0.4 is 0 Å². The molecule has 172 valence electrons. The van der Waals surface area contributed by atoms with Crippen molar-refractivity contribution in [3.63, 3.8) is 0 Å². The lowest BCUT2D eigenvalue weighted by molar-refractivity contribution is -0.144. The summed E-state index contributed by atoms with van der Waals surface area (Å²) in [6.07, 6.45) is 4.86. The SMILES string of the molecule is CC(=O)OC(/C=C/C1C(OC(=O)c2ccccc2)CC2OC(=O)CC21)CCc1ccccc1. The average Bonchev–Trinajstić information content (AvgIpc) is 3.32. The maximum absolute atomic E-state index is 12.6. The van der Waals surface area contributed by atoms with E-state index in [1.165, 1.54) is 6.92 Å². The molecule has 1 saturated carbocycles. The van der Waals surface area contributed by atoms with E-state index in [9.17, 15) is 14.4 Å². The van der Waals surface area contributed by atoms with Gasteiger partial charge in [0.15, 0.2) is 0 Å². The van der Waals surface area contributed by atoms with Crippen molar-refractivity contribution in [2.45, 2.75) is 50.9 Å². The van der Waals surface area contributed by atoms with Crippen molar-refractivity contribution in [1.82, 2.24) is 0 Å². The number of rotatable bonds is 8. The summed E-state index contributed by atoms with van der Waals surface area (Å²) in [5, 5.41) is 0. The van der Waals surface area contributed by atoms with Crippen molar-refractivity contribution in [2.75, 3.05) is 0 Å². The highest BCUT2D eigenvalue weighted by atomic mass is 16.6. The second kappa shape index (κ2) is 10.5. The van der Waals surface area contributed by atoms with E-state index < -0.39 is 18.2 Å². The summed E-state index contributed by atoms with van der Waals surface area (Å²) in [6, 6.07) is 18.8. The first-order valence-corrected chi connectivity index (χ1v) is 11.3. The van der Waals surface area contributed by atoms with Crippen molar-refractivity contribution >= 4 is 17.9 Å². The normalized spacial score (nSPS) is 24.8. The Morgan fingerprint density at radius 1 is 1.09 bits per heavy atom. The van der Waals surface area contributed by atoms with Gasteiger partial charge in [-0.2, -0.15) is 0 Å². The van der Waals surface area contributed by atoms with Crippen LogP contribution in [0.1, 0.15) is 42.1 Å². The van der Waals surface area contributed by atoms with Gasteiger partial charge in [0.25, 0.3) is 0 Å². The molecule has 1 aliphatic heterocycles. The number of carbonyl (C=O) groups excluding carboxylic acids is 3. The first-order chi connectivity index (χ1) is 16.0. The molecule has 1 heterocycles. The Labute approximate surface area is 193 Å². The molecule has 33 heavy (non-hydrogen) atoms. The molecule has 0 spiro atoms. The Morgan fingerprint density at radius 3 is 2.48 bits per heavy atom. The number of carbonyl (C=O) groups is 3. The van der Waals surface area contributed by atoms with E-state index in [0.717, 1.165) is 12.0 Å². The second-order valence-corrected chi connectivity index (χ2v) is 8.58. The van der Waals surface area contributed by atoms with E-state index in [4.69, 9.17) is 14.2 Å². The fourth-order valence-corrected chi connectivity index (χ4v) is 4.68. The lowest BCUT2D eigenvalue weighted by Crippen LogP contribution is -2.25. The quantitative estimate of drug-likeness (QED) is 0.341. The monoisotopic (exact) mass is 448 g/mol. The predicted octanol–water partition coefficient (Wildman–Crippen LogP) is 4.28. The molecule has 1 saturated heterocycles. The summed E-state index contributed by atoms with van der Waals surface area (Å²) in [5.41, 5.74) is 1.64. The van der Waals surface area contributed by atoms with Gasteiger partial charge in [-0.1, -0.05) is 54.6 Å². The Morgan fingerprint density at radius 2 is 1.79 bits per heavy atom. The Hall–Kier alpha value is -3.41. The maximum Gasteiger partial charge on any atom is 0.338 e. The molecule has 0 radical (unpaired) electrons. The smallest absolute Gasteiger partial charge is 0.338 e. The zero-order valence-corrected chi connectivity index (χ0v) is 18.6. The third kappa shape index (κ3) is 5.89. The number of benzene rings is 2. The molecular formula is C27H28O6. The van der Waals surface area contributed by atoms with Crippen molar-refractivity contribution in [1.29, 1.82) is 0 Å². The van der Waals surface area contributed by atoms with Crippen LogP contribution in [0.15, 0.2) is 72.8 Å². The molecule has 2 aromatic rings. The zero-order chi connectivity index (χ0) is 23.2. The summed E-state index contributed by atoms with van der Waals surface area (Å²) in [6.45, 7) is 1.39. The largest absolute Gasteiger partial charge is 0.462 e. The van der Waals surface area contributed by atoms with Crippen LogP contribution in [0.5, 0.6) is 0 Å². The fraction of sp³-hybridized carbons (Fsp3) is 0.370. The van der Waals surface area contributed by atoms with Gasteiger partial charge in [-0.15, -0.1) is 0 Å². The van der Waals surface area contributed by atoms with E-state index in [0.29, 0.717) is 24.8 Å². The first-order valence-electron chi connectivity index (χ1n) is 11.3. The predicted molar refractivity (Wildman–Crippen MR) is 121 cm³/mol. The second-order valence-electron chi connectivity index (χ2n) is 8.58. The van der Waals surface area contributed by atoms with Gasteiger partial charge in [0.1, 0.15) is 18.3 Å². The molecule has 6 nitrogen and oxygen atoms in total. The Kier molecular flexibility index (Phi) is 7.23. The van der Waals surface area contributed by atoms with Gasteiger partial charge < -0.3 is 14.2 Å². The minimum atomic E-state index is -0.413. The molecule has 2 aromatic carbocycles. The number of hydrogen-bond acceptors (Lipinski definition) is 6. The van der Waals surface area contributed by atoms with Crippen LogP contribution in [-0.4, -0.2) is 36.2 Å². The molecule has 0 aromatic heterocycles. The standard InChI is InChI=1S/C27H28O6/c1-18(28)31-21(13-12-19-8-4-2-5-9-19)14-15-22-23-16-26(29)32-25(23)17-24(22)33-27(30)20-10-6-3-7-11-20/h2-11,14-15,21-25H,12-13,16-17H2,1H3/b15-14+. The highest BCUT2D eigenvalue weighted by molar-refractivity contribution is 5.89. The van der Waals surface area contributed by atoms with Gasteiger partial charge >= 0.3 is 17.9 Å². The van der Waals surface area contributed by atoms with Gasteiger partial charge in [0.05, 0.1) is 12.0 Å². The van der Waals surface area contributed by atoms with Gasteiger partial charge in [0, 0.05) is 25.2 Å². The average molecular weight is 449 g/mol. The van der Waals surface area contributed by atoms with Crippen LogP contribution in [0.3, 0.4) is 0 Å². The van der Waals surface area contributed by atoms with E-state index in [1.54, 1.807) is 24.3 Å². The summed E-state index contributed by atoms with van der Waals surface area (Å²) in [7, 11) is 0. The topological polar surface area (TPSA) is 78.9 Å². The third-order valence-corrected chi connectivity index (χ3v) is 6.24. The number of ether oxygens (including phenoxy) is 3. The highest BCUT2D eigenvalue weighted by Gasteiger charge is 2.50.